The van der Waals surface area contributed by atoms with E-state index in [2.05, 4.69) is 15.0 Å². The van der Waals surface area contributed by atoms with Gasteiger partial charge in [0.1, 0.15) is 5.75 Å². The Labute approximate surface area is 166 Å². The van der Waals surface area contributed by atoms with E-state index in [0.717, 1.165) is 12.1 Å². The lowest BCUT2D eigenvalue weighted by molar-refractivity contribution is -0.253. The predicted molar refractivity (Wildman–Crippen MR) is 97.0 cm³/mol. The van der Waals surface area contributed by atoms with Gasteiger partial charge < -0.3 is 14.8 Å². The van der Waals surface area contributed by atoms with Crippen molar-refractivity contribution in [1.82, 2.24) is 0 Å². The van der Waals surface area contributed by atoms with Crippen LogP contribution in [0.2, 0.25) is 10.0 Å². The van der Waals surface area contributed by atoms with Crippen LogP contribution in [-0.4, -0.2) is 31.6 Å². The molecule has 2 amide bonds. The second-order valence-corrected chi connectivity index (χ2v) is 5.95. The van der Waals surface area contributed by atoms with Crippen LogP contribution in [0, 0.1) is 0 Å². The second-order valence-electron chi connectivity index (χ2n) is 5.14. The van der Waals surface area contributed by atoms with Crippen LogP contribution in [-0.2, 0) is 4.74 Å². The SMILES string of the molecule is CO/C(=N\C(=O)Nc1ccc(OC(F)(F)C(F)F)cc1)c1c(Cl)cccc1Cl. The first-order valence-electron chi connectivity index (χ1n) is 7.47. The molecule has 2 rings (SSSR count). The molecule has 0 aliphatic rings. The summed E-state index contributed by atoms with van der Waals surface area (Å²) in [7, 11) is 1.26. The molecular weight excluding hydrogens is 427 g/mol. The van der Waals surface area contributed by atoms with E-state index in [1.165, 1.54) is 31.4 Å². The van der Waals surface area contributed by atoms with Crippen molar-refractivity contribution in [2.75, 3.05) is 12.4 Å². The minimum atomic E-state index is -4.63. The zero-order valence-corrected chi connectivity index (χ0v) is 15.6. The van der Waals surface area contributed by atoms with E-state index in [-0.39, 0.29) is 27.2 Å². The fourth-order valence-corrected chi connectivity index (χ4v) is 2.52. The van der Waals surface area contributed by atoms with Gasteiger partial charge in [-0.25, -0.2) is 4.79 Å². The summed E-state index contributed by atoms with van der Waals surface area (Å²) in [5.41, 5.74) is 0.351. The zero-order chi connectivity index (χ0) is 20.9. The Morgan fingerprint density at radius 1 is 1.11 bits per heavy atom. The van der Waals surface area contributed by atoms with Crippen LogP contribution in [0.25, 0.3) is 0 Å². The predicted octanol–water partition coefficient (Wildman–Crippen LogP) is 5.86. The van der Waals surface area contributed by atoms with Crippen molar-refractivity contribution >= 4 is 40.8 Å². The van der Waals surface area contributed by atoms with Gasteiger partial charge in [0.25, 0.3) is 0 Å². The number of anilines is 1. The van der Waals surface area contributed by atoms with Gasteiger partial charge in [0, 0.05) is 5.69 Å². The number of amides is 2. The molecule has 0 bridgehead atoms. The number of aliphatic imine (C=N–C) groups is 1. The van der Waals surface area contributed by atoms with E-state index >= 15 is 0 Å². The minimum absolute atomic E-state index is 0.141. The minimum Gasteiger partial charge on any atom is -0.480 e. The van der Waals surface area contributed by atoms with Crippen LogP contribution >= 0.6 is 23.2 Å². The van der Waals surface area contributed by atoms with E-state index in [9.17, 15) is 22.4 Å². The molecule has 0 atom stereocenters. The van der Waals surface area contributed by atoms with Crippen LogP contribution in [0.3, 0.4) is 0 Å². The van der Waals surface area contributed by atoms with Gasteiger partial charge >= 0.3 is 18.6 Å². The number of rotatable bonds is 5. The number of hydrogen-bond donors (Lipinski definition) is 1. The summed E-state index contributed by atoms with van der Waals surface area (Å²) in [4.78, 5) is 15.8. The fraction of sp³-hybridized carbons (Fsp3) is 0.176. The molecular formula is C17H12Cl2F4N2O3. The van der Waals surface area contributed by atoms with Gasteiger partial charge in [0.15, 0.2) is 0 Å². The highest BCUT2D eigenvalue weighted by atomic mass is 35.5. The van der Waals surface area contributed by atoms with Gasteiger partial charge in [-0.1, -0.05) is 29.3 Å². The number of urea groups is 1. The van der Waals surface area contributed by atoms with Crippen LogP contribution in [0.15, 0.2) is 47.5 Å². The average molecular weight is 439 g/mol. The molecule has 5 nitrogen and oxygen atoms in total. The van der Waals surface area contributed by atoms with Crippen LogP contribution in [0.4, 0.5) is 28.0 Å². The first-order chi connectivity index (χ1) is 13.1. The molecule has 0 unspecified atom stereocenters. The fourth-order valence-electron chi connectivity index (χ4n) is 1.96. The van der Waals surface area contributed by atoms with Crippen molar-refractivity contribution < 1.29 is 31.8 Å². The van der Waals surface area contributed by atoms with Gasteiger partial charge in [0.05, 0.1) is 22.7 Å². The molecule has 0 heterocycles. The Morgan fingerprint density at radius 2 is 1.68 bits per heavy atom. The standard InChI is InChI=1S/C17H12Cl2F4N2O3/c1-27-14(13-11(18)3-2-4-12(13)19)25-16(26)24-9-5-7-10(8-6-9)28-17(22,23)15(20)21/h2-8,15H,1H3,(H,24,26)/b25-14-. The Balaban J connectivity index is 2.13. The third-order valence-corrected chi connectivity index (χ3v) is 3.82. The maximum atomic E-state index is 12.9. The summed E-state index contributed by atoms with van der Waals surface area (Å²) in [5, 5.41) is 2.77. The number of benzene rings is 2. The monoisotopic (exact) mass is 438 g/mol. The van der Waals surface area contributed by atoms with Crippen LogP contribution in [0.1, 0.15) is 5.56 Å². The number of hydrogen-bond acceptors (Lipinski definition) is 3. The molecule has 150 valence electrons. The first kappa shape index (κ1) is 21.8. The summed E-state index contributed by atoms with van der Waals surface area (Å²) in [6.45, 7) is 0. The summed E-state index contributed by atoms with van der Waals surface area (Å²) in [6.07, 6.45) is -8.61. The smallest absolute Gasteiger partial charge is 0.461 e. The highest BCUT2D eigenvalue weighted by Crippen LogP contribution is 2.28. The summed E-state index contributed by atoms with van der Waals surface area (Å²) in [5.74, 6) is -0.656. The van der Waals surface area contributed by atoms with Crippen molar-refractivity contribution in [2.24, 2.45) is 4.99 Å². The topological polar surface area (TPSA) is 59.9 Å². The van der Waals surface area contributed by atoms with E-state index < -0.39 is 24.3 Å². The van der Waals surface area contributed by atoms with E-state index in [4.69, 9.17) is 27.9 Å². The number of halogens is 6. The number of carbonyl (C=O) groups is 1. The molecule has 28 heavy (non-hydrogen) atoms. The van der Waals surface area contributed by atoms with Crippen molar-refractivity contribution in [1.29, 1.82) is 0 Å². The third kappa shape index (κ3) is 5.49. The third-order valence-electron chi connectivity index (χ3n) is 3.19. The van der Waals surface area contributed by atoms with E-state index in [1.807, 2.05) is 0 Å². The van der Waals surface area contributed by atoms with Crippen molar-refractivity contribution in [3.63, 3.8) is 0 Å². The lowest BCUT2D eigenvalue weighted by Crippen LogP contribution is -2.33. The highest BCUT2D eigenvalue weighted by molar-refractivity contribution is 6.39. The van der Waals surface area contributed by atoms with E-state index in [0.29, 0.717) is 0 Å². The van der Waals surface area contributed by atoms with Gasteiger partial charge in [-0.05, 0) is 36.4 Å². The number of alkyl halides is 4. The van der Waals surface area contributed by atoms with Gasteiger partial charge in [-0.15, -0.1) is 0 Å². The van der Waals surface area contributed by atoms with Crippen molar-refractivity contribution in [3.8, 4) is 5.75 Å². The summed E-state index contributed by atoms with van der Waals surface area (Å²) in [6, 6.07) is 8.09. The summed E-state index contributed by atoms with van der Waals surface area (Å²) < 4.78 is 58.9. The average Bonchev–Trinajstić information content (AvgIpc) is 2.62. The Hall–Kier alpha value is -2.52. The normalized spacial score (nSPS) is 12.1. The largest absolute Gasteiger partial charge is 0.480 e. The molecule has 0 radical (unpaired) electrons. The Morgan fingerprint density at radius 3 is 2.18 bits per heavy atom. The van der Waals surface area contributed by atoms with Crippen LogP contribution in [0.5, 0.6) is 5.75 Å². The van der Waals surface area contributed by atoms with Crippen molar-refractivity contribution in [3.05, 3.63) is 58.1 Å². The molecule has 2 aromatic rings. The molecule has 0 aromatic heterocycles. The molecule has 1 N–H and O–H groups in total. The number of methoxy groups -OCH3 is 1. The van der Waals surface area contributed by atoms with Gasteiger partial charge in [-0.2, -0.15) is 22.6 Å². The van der Waals surface area contributed by atoms with Gasteiger partial charge in [0.2, 0.25) is 5.90 Å². The maximum Gasteiger partial charge on any atom is 0.461 e. The molecule has 0 saturated carbocycles. The highest BCUT2D eigenvalue weighted by Gasteiger charge is 2.43. The zero-order valence-electron chi connectivity index (χ0n) is 14.1. The lowest BCUT2D eigenvalue weighted by Gasteiger charge is -2.16. The quantitative estimate of drug-likeness (QED) is 0.361. The number of carbonyl (C=O) groups excluding carboxylic acids is 1. The van der Waals surface area contributed by atoms with E-state index in [1.54, 1.807) is 6.07 Å². The molecule has 0 fully saturated rings. The number of nitrogens with one attached hydrogen (secondary N) is 1. The van der Waals surface area contributed by atoms with Crippen molar-refractivity contribution in [2.45, 2.75) is 12.5 Å². The lowest BCUT2D eigenvalue weighted by atomic mass is 10.2. The number of nitrogens with zero attached hydrogens (tertiary/aromatic N) is 1. The van der Waals surface area contributed by atoms with Gasteiger partial charge in [-0.3, -0.25) is 0 Å². The van der Waals surface area contributed by atoms with Crippen LogP contribution < -0.4 is 10.1 Å². The molecule has 0 aliphatic carbocycles. The first-order valence-corrected chi connectivity index (χ1v) is 8.22. The molecule has 0 saturated heterocycles. The Kier molecular flexibility index (Phi) is 7.09. The Bertz CT molecular complexity index is 857. The molecule has 0 aliphatic heterocycles. The summed E-state index contributed by atoms with van der Waals surface area (Å²) >= 11 is 12.1. The number of ether oxygens (including phenoxy) is 2. The molecule has 11 heteroatoms. The second kappa shape index (κ2) is 9.11. The maximum absolute atomic E-state index is 12.9. The molecule has 0 spiro atoms. The molecule has 2 aromatic carbocycles.